The summed E-state index contributed by atoms with van der Waals surface area (Å²) in [5.74, 6) is -11.2. The molecule has 0 bridgehead atoms. The Balaban J connectivity index is 2.02. The van der Waals surface area contributed by atoms with Gasteiger partial charge in [-0.2, -0.15) is 21.0 Å². The van der Waals surface area contributed by atoms with Gasteiger partial charge in [-0.25, -0.2) is 26.3 Å². The number of rotatable bonds is 0. The number of hydrogen-bond acceptors (Lipinski definition) is 8. The lowest BCUT2D eigenvalue weighted by molar-refractivity contribution is 0.511. The highest BCUT2D eigenvalue weighted by Gasteiger charge is 2.39. The molecule has 0 spiro atoms. The minimum atomic E-state index is -1.88. The summed E-state index contributed by atoms with van der Waals surface area (Å²) in [5, 5.41) is 36.9. The van der Waals surface area contributed by atoms with E-state index in [4.69, 9.17) is 0 Å². The van der Waals surface area contributed by atoms with Crippen molar-refractivity contribution in [1.82, 2.24) is 0 Å². The maximum atomic E-state index is 16.1. The Morgan fingerprint density at radius 3 is 1.13 bits per heavy atom. The van der Waals surface area contributed by atoms with Gasteiger partial charge in [-0.3, -0.25) is 0 Å². The lowest BCUT2D eigenvalue weighted by Gasteiger charge is -2.20. The summed E-state index contributed by atoms with van der Waals surface area (Å²) >= 11 is 0. The van der Waals surface area contributed by atoms with E-state index in [1.165, 1.54) is 24.3 Å². The lowest BCUT2D eigenvalue weighted by atomic mass is 9.96. The van der Waals surface area contributed by atoms with Crippen molar-refractivity contribution in [2.75, 3.05) is 34.5 Å². The Kier molecular flexibility index (Phi) is 5.05. The van der Waals surface area contributed by atoms with Crippen molar-refractivity contribution in [1.29, 1.82) is 21.0 Å². The molecule has 2 N–H and O–H groups in total. The standard InChI is InChI=1S/C24H8F6N8/c1-37-21-11-9(15(27)17(29)19(21)35-23(37)7(3-31)4-32)14(26)12-10(13(11)25)16(28)18(30)20-22(12)38(2)24(36-20)8(5-33)6-34/h35-36H,1-2H3. The zero-order valence-corrected chi connectivity index (χ0v) is 19.0. The van der Waals surface area contributed by atoms with Crippen LogP contribution in [0.1, 0.15) is 0 Å². The van der Waals surface area contributed by atoms with Crippen LogP contribution in [0, 0.1) is 80.2 Å². The highest BCUT2D eigenvalue weighted by Crippen LogP contribution is 2.53. The first kappa shape index (κ1) is 24.1. The van der Waals surface area contributed by atoms with Gasteiger partial charge in [0.2, 0.25) is 0 Å². The van der Waals surface area contributed by atoms with Gasteiger partial charge in [0.1, 0.15) is 58.9 Å². The quantitative estimate of drug-likeness (QED) is 0.238. The number of halogens is 6. The van der Waals surface area contributed by atoms with Gasteiger partial charge < -0.3 is 20.4 Å². The van der Waals surface area contributed by atoms with Gasteiger partial charge in [0.25, 0.3) is 0 Å². The predicted octanol–water partition coefficient (Wildman–Crippen LogP) is 5.07. The first-order valence-electron chi connectivity index (χ1n) is 10.3. The third-order valence-corrected chi connectivity index (χ3v) is 6.34. The van der Waals surface area contributed by atoms with Gasteiger partial charge >= 0.3 is 0 Å². The van der Waals surface area contributed by atoms with Crippen LogP contribution < -0.4 is 20.4 Å². The normalized spacial score (nSPS) is 13.4. The molecular weight excluding hydrogens is 514 g/mol. The number of nitriles is 4. The Bertz CT molecular complexity index is 1740. The van der Waals surface area contributed by atoms with E-state index in [2.05, 4.69) is 10.6 Å². The summed E-state index contributed by atoms with van der Waals surface area (Å²) in [4.78, 5) is 1.77. The minimum Gasteiger partial charge on any atom is -0.336 e. The summed E-state index contributed by atoms with van der Waals surface area (Å²) in [6.45, 7) is 0. The molecule has 14 heteroatoms. The first-order chi connectivity index (χ1) is 18.0. The Labute approximate surface area is 208 Å². The highest BCUT2D eigenvalue weighted by atomic mass is 19.2. The van der Waals surface area contributed by atoms with Crippen molar-refractivity contribution in [2.45, 2.75) is 0 Å². The SMILES string of the molecule is CN1C(=C(C#N)C#N)Nc2c(F)c(F)c3c(F)c4c5c(c(F)c(F)c4c(F)c3c21)NC(=C(C#N)C#N)N5C. The van der Waals surface area contributed by atoms with Crippen molar-refractivity contribution in [3.8, 4) is 24.3 Å². The Morgan fingerprint density at radius 2 is 0.842 bits per heavy atom. The van der Waals surface area contributed by atoms with E-state index in [-0.39, 0.29) is 11.6 Å². The van der Waals surface area contributed by atoms with Crippen molar-refractivity contribution >= 4 is 44.3 Å². The molecule has 0 aromatic heterocycles. The molecule has 0 atom stereocenters. The zero-order chi connectivity index (χ0) is 27.8. The smallest absolute Gasteiger partial charge is 0.185 e. The minimum absolute atomic E-state index is 0.379. The van der Waals surface area contributed by atoms with E-state index in [0.717, 1.165) is 23.9 Å². The van der Waals surface area contributed by atoms with E-state index in [9.17, 15) is 21.0 Å². The fourth-order valence-electron chi connectivity index (χ4n) is 4.69. The molecule has 0 amide bonds. The van der Waals surface area contributed by atoms with Crippen LogP contribution in [0.5, 0.6) is 0 Å². The number of nitrogens with one attached hydrogen (secondary N) is 2. The van der Waals surface area contributed by atoms with E-state index in [0.29, 0.717) is 0 Å². The molecule has 0 fully saturated rings. The average Bonchev–Trinajstić information content (AvgIpc) is 3.41. The molecule has 3 aromatic rings. The molecule has 0 saturated carbocycles. The molecule has 5 rings (SSSR count). The summed E-state index contributed by atoms with van der Waals surface area (Å²) in [6, 6.07) is 6.11. The second kappa shape index (κ2) is 7.95. The van der Waals surface area contributed by atoms with E-state index in [1.54, 1.807) is 0 Å². The van der Waals surface area contributed by atoms with Crippen molar-refractivity contribution < 1.29 is 26.3 Å². The van der Waals surface area contributed by atoms with Crippen molar-refractivity contribution in [3.05, 3.63) is 57.7 Å². The second-order valence-corrected chi connectivity index (χ2v) is 8.09. The number of benzene rings is 3. The lowest BCUT2D eigenvalue weighted by Crippen LogP contribution is -2.17. The molecule has 0 saturated heterocycles. The number of anilines is 4. The summed E-state index contributed by atoms with van der Waals surface area (Å²) in [6.07, 6.45) is 0. The van der Waals surface area contributed by atoms with Crippen LogP contribution >= 0.6 is 0 Å². The van der Waals surface area contributed by atoms with E-state index >= 15 is 26.3 Å². The summed E-state index contributed by atoms with van der Waals surface area (Å²) in [5.41, 5.74) is -3.87. The second-order valence-electron chi connectivity index (χ2n) is 8.09. The molecule has 0 aliphatic carbocycles. The van der Waals surface area contributed by atoms with Crippen LogP contribution in [-0.2, 0) is 0 Å². The van der Waals surface area contributed by atoms with Crippen LogP contribution in [0.4, 0.5) is 49.1 Å². The predicted molar refractivity (Wildman–Crippen MR) is 122 cm³/mol. The molecule has 3 aromatic carbocycles. The van der Waals surface area contributed by atoms with Crippen molar-refractivity contribution in [2.24, 2.45) is 0 Å². The zero-order valence-electron chi connectivity index (χ0n) is 19.0. The van der Waals surface area contributed by atoms with Crippen LogP contribution in [0.2, 0.25) is 0 Å². The Morgan fingerprint density at radius 1 is 0.526 bits per heavy atom. The van der Waals surface area contributed by atoms with E-state index < -0.39 is 90.3 Å². The van der Waals surface area contributed by atoms with E-state index in [1.807, 2.05) is 0 Å². The molecule has 38 heavy (non-hydrogen) atoms. The monoisotopic (exact) mass is 522 g/mol. The third-order valence-electron chi connectivity index (χ3n) is 6.34. The van der Waals surface area contributed by atoms with Gasteiger partial charge in [0.15, 0.2) is 34.4 Å². The number of nitrogens with zero attached hydrogens (tertiary/aromatic N) is 6. The van der Waals surface area contributed by atoms with Crippen LogP contribution in [0.15, 0.2) is 22.8 Å². The highest BCUT2D eigenvalue weighted by molar-refractivity contribution is 6.16. The summed E-state index contributed by atoms with van der Waals surface area (Å²) < 4.78 is 93.1. The molecule has 2 heterocycles. The molecule has 8 nitrogen and oxygen atoms in total. The van der Waals surface area contributed by atoms with Gasteiger partial charge in [-0.05, 0) is 0 Å². The number of hydrogen-bond donors (Lipinski definition) is 2. The topological polar surface area (TPSA) is 126 Å². The third kappa shape index (κ3) is 2.71. The molecular formula is C24H8F6N8. The van der Waals surface area contributed by atoms with Gasteiger partial charge in [-0.15, -0.1) is 0 Å². The first-order valence-corrected chi connectivity index (χ1v) is 10.3. The Hall–Kier alpha value is -5.60. The maximum absolute atomic E-state index is 16.1. The number of allylic oxidation sites excluding steroid dienone is 2. The molecule has 2 aliphatic rings. The average molecular weight is 522 g/mol. The molecule has 2 aliphatic heterocycles. The van der Waals surface area contributed by atoms with Gasteiger partial charge in [-0.1, -0.05) is 0 Å². The van der Waals surface area contributed by atoms with Gasteiger partial charge in [0, 0.05) is 14.1 Å². The largest absolute Gasteiger partial charge is 0.336 e. The maximum Gasteiger partial charge on any atom is 0.185 e. The van der Waals surface area contributed by atoms with Crippen molar-refractivity contribution in [3.63, 3.8) is 0 Å². The van der Waals surface area contributed by atoms with Crippen LogP contribution in [0.25, 0.3) is 21.5 Å². The summed E-state index contributed by atoms with van der Waals surface area (Å²) in [7, 11) is 2.28. The fourth-order valence-corrected chi connectivity index (χ4v) is 4.69. The van der Waals surface area contributed by atoms with Gasteiger partial charge in [0.05, 0.1) is 32.9 Å². The van der Waals surface area contributed by atoms with Crippen LogP contribution in [0.3, 0.4) is 0 Å². The molecule has 0 unspecified atom stereocenters. The fraction of sp³-hybridized carbons (Fsp3) is 0.0833. The number of fused-ring (bicyclic) bond motifs is 6. The van der Waals surface area contributed by atoms with Crippen LogP contribution in [-0.4, -0.2) is 14.1 Å². The molecule has 0 radical (unpaired) electrons. The molecule has 186 valence electrons.